The summed E-state index contributed by atoms with van der Waals surface area (Å²) in [5.74, 6) is 2.48. The Morgan fingerprint density at radius 3 is 2.84 bits per heavy atom. The van der Waals surface area contributed by atoms with Gasteiger partial charge < -0.3 is 4.90 Å². The summed E-state index contributed by atoms with van der Waals surface area (Å²) in [7, 11) is 2.06. The predicted octanol–water partition coefficient (Wildman–Crippen LogP) is 0.667. The molecule has 1 atom stereocenters. The Hall–Kier alpha value is -1.43. The minimum atomic E-state index is 0.286. The number of H-pyrrole nitrogens is 1. The van der Waals surface area contributed by atoms with Crippen molar-refractivity contribution in [1.82, 2.24) is 25.0 Å². The van der Waals surface area contributed by atoms with Crippen molar-refractivity contribution in [3.05, 3.63) is 11.6 Å². The molecule has 0 bridgehead atoms. The molecular weight excluding hydrogens is 242 g/mol. The van der Waals surface area contributed by atoms with Crippen LogP contribution in [0.25, 0.3) is 0 Å². The number of aromatic nitrogens is 3. The van der Waals surface area contributed by atoms with Gasteiger partial charge in [-0.3, -0.25) is 14.8 Å². The highest BCUT2D eigenvalue weighted by molar-refractivity contribution is 5.78. The molecule has 0 radical (unpaired) electrons. The molecule has 6 nitrogen and oxygen atoms in total. The van der Waals surface area contributed by atoms with E-state index in [0.717, 1.165) is 44.2 Å². The summed E-state index contributed by atoms with van der Waals surface area (Å²) in [6.45, 7) is 7.45. The van der Waals surface area contributed by atoms with Crippen LogP contribution < -0.4 is 0 Å². The Bertz CT molecular complexity index is 430. The summed E-state index contributed by atoms with van der Waals surface area (Å²) in [6, 6.07) is 0. The molecule has 106 valence electrons. The van der Waals surface area contributed by atoms with E-state index in [-0.39, 0.29) is 5.91 Å². The van der Waals surface area contributed by atoms with E-state index < -0.39 is 0 Å². The van der Waals surface area contributed by atoms with Crippen molar-refractivity contribution in [1.29, 1.82) is 0 Å². The molecule has 0 aromatic carbocycles. The van der Waals surface area contributed by atoms with Crippen LogP contribution in [0.5, 0.6) is 0 Å². The maximum Gasteiger partial charge on any atom is 0.222 e. The lowest BCUT2D eigenvalue weighted by Gasteiger charge is -2.19. The molecule has 1 saturated heterocycles. The van der Waals surface area contributed by atoms with Crippen molar-refractivity contribution in [2.24, 2.45) is 5.92 Å². The fourth-order valence-electron chi connectivity index (χ4n) is 2.61. The maximum atomic E-state index is 11.7. The standard InChI is InChI=1S/C13H23N5O/c1-4-11-14-12(16-15-11)9-17(3)7-10-6-13(19)18(5-2)8-10/h10H,4-9H2,1-3H3,(H,14,15,16). The molecule has 2 heterocycles. The highest BCUT2D eigenvalue weighted by atomic mass is 16.2. The molecule has 2 rings (SSSR count). The van der Waals surface area contributed by atoms with Gasteiger partial charge in [0.15, 0.2) is 0 Å². The van der Waals surface area contributed by atoms with Crippen LogP contribution in [-0.4, -0.2) is 57.6 Å². The Balaban J connectivity index is 1.81. The summed E-state index contributed by atoms with van der Waals surface area (Å²) in [4.78, 5) is 20.2. The predicted molar refractivity (Wildman–Crippen MR) is 72.5 cm³/mol. The molecule has 6 heteroatoms. The topological polar surface area (TPSA) is 65.1 Å². The largest absolute Gasteiger partial charge is 0.343 e. The lowest BCUT2D eigenvalue weighted by atomic mass is 10.1. The van der Waals surface area contributed by atoms with E-state index in [2.05, 4.69) is 27.1 Å². The zero-order valence-corrected chi connectivity index (χ0v) is 12.0. The molecule has 0 aliphatic carbocycles. The summed E-state index contributed by atoms with van der Waals surface area (Å²) in [6.07, 6.45) is 1.53. The fourth-order valence-corrected chi connectivity index (χ4v) is 2.61. The molecule has 1 unspecified atom stereocenters. The molecule has 1 fully saturated rings. The first kappa shape index (κ1) is 14.0. The quantitative estimate of drug-likeness (QED) is 0.821. The Labute approximate surface area is 114 Å². The van der Waals surface area contributed by atoms with Crippen molar-refractivity contribution in [2.45, 2.75) is 33.2 Å². The average molecular weight is 265 g/mol. The monoisotopic (exact) mass is 265 g/mol. The van der Waals surface area contributed by atoms with Gasteiger partial charge in [-0.2, -0.15) is 5.10 Å². The number of nitrogens with one attached hydrogen (secondary N) is 1. The molecule has 0 saturated carbocycles. The number of carbonyl (C=O) groups is 1. The molecule has 1 aromatic rings. The molecular formula is C13H23N5O. The van der Waals surface area contributed by atoms with E-state index in [1.54, 1.807) is 0 Å². The number of hydrogen-bond donors (Lipinski definition) is 1. The molecule has 1 aromatic heterocycles. The third-order valence-corrected chi connectivity index (χ3v) is 3.56. The number of rotatable bonds is 6. The number of nitrogens with zero attached hydrogens (tertiary/aromatic N) is 4. The van der Waals surface area contributed by atoms with Gasteiger partial charge >= 0.3 is 0 Å². The van der Waals surface area contributed by atoms with Crippen molar-refractivity contribution in [3.8, 4) is 0 Å². The second-order valence-electron chi connectivity index (χ2n) is 5.25. The van der Waals surface area contributed by atoms with Gasteiger partial charge in [-0.25, -0.2) is 4.98 Å². The van der Waals surface area contributed by atoms with E-state index in [0.29, 0.717) is 12.3 Å². The molecule has 1 N–H and O–H groups in total. The minimum absolute atomic E-state index is 0.286. The lowest BCUT2D eigenvalue weighted by Crippen LogP contribution is -2.29. The number of aromatic amines is 1. The number of amides is 1. The second kappa shape index (κ2) is 6.14. The first-order valence-corrected chi connectivity index (χ1v) is 6.98. The van der Waals surface area contributed by atoms with Gasteiger partial charge in [0.25, 0.3) is 0 Å². The minimum Gasteiger partial charge on any atom is -0.343 e. The molecule has 0 spiro atoms. The first-order chi connectivity index (χ1) is 9.12. The van der Waals surface area contributed by atoms with Crippen LogP contribution in [-0.2, 0) is 17.8 Å². The smallest absolute Gasteiger partial charge is 0.222 e. The summed E-state index contributed by atoms with van der Waals surface area (Å²) in [5, 5.41) is 7.09. The van der Waals surface area contributed by atoms with E-state index in [1.165, 1.54) is 0 Å². The Morgan fingerprint density at radius 2 is 2.26 bits per heavy atom. The van der Waals surface area contributed by atoms with Gasteiger partial charge in [-0.15, -0.1) is 0 Å². The van der Waals surface area contributed by atoms with Crippen molar-refractivity contribution < 1.29 is 4.79 Å². The van der Waals surface area contributed by atoms with E-state index >= 15 is 0 Å². The van der Waals surface area contributed by atoms with Crippen molar-refractivity contribution in [2.75, 3.05) is 26.7 Å². The zero-order chi connectivity index (χ0) is 13.8. The number of carbonyl (C=O) groups excluding carboxylic acids is 1. The molecule has 19 heavy (non-hydrogen) atoms. The van der Waals surface area contributed by atoms with Gasteiger partial charge in [0.05, 0.1) is 6.54 Å². The summed E-state index contributed by atoms with van der Waals surface area (Å²) in [5.41, 5.74) is 0. The van der Waals surface area contributed by atoms with Gasteiger partial charge in [0.2, 0.25) is 5.91 Å². The van der Waals surface area contributed by atoms with Crippen LogP contribution >= 0.6 is 0 Å². The van der Waals surface area contributed by atoms with Gasteiger partial charge in [0.1, 0.15) is 11.6 Å². The van der Waals surface area contributed by atoms with Crippen LogP contribution in [0.3, 0.4) is 0 Å². The highest BCUT2D eigenvalue weighted by Crippen LogP contribution is 2.18. The van der Waals surface area contributed by atoms with E-state index in [9.17, 15) is 4.79 Å². The third-order valence-electron chi connectivity index (χ3n) is 3.56. The van der Waals surface area contributed by atoms with Crippen LogP contribution in [0.15, 0.2) is 0 Å². The van der Waals surface area contributed by atoms with Gasteiger partial charge in [0, 0.05) is 32.5 Å². The molecule has 1 amide bonds. The summed E-state index contributed by atoms with van der Waals surface area (Å²) >= 11 is 0. The highest BCUT2D eigenvalue weighted by Gasteiger charge is 2.29. The normalized spacial score (nSPS) is 19.7. The lowest BCUT2D eigenvalue weighted by molar-refractivity contribution is -0.127. The van der Waals surface area contributed by atoms with Crippen molar-refractivity contribution >= 4 is 5.91 Å². The maximum absolute atomic E-state index is 11.7. The Kier molecular flexibility index (Phi) is 4.52. The molecule has 1 aliphatic rings. The second-order valence-corrected chi connectivity index (χ2v) is 5.25. The van der Waals surface area contributed by atoms with Crippen LogP contribution in [0.1, 0.15) is 31.9 Å². The zero-order valence-electron chi connectivity index (χ0n) is 12.0. The number of likely N-dealkylation sites (tertiary alicyclic amines) is 1. The third kappa shape index (κ3) is 3.53. The fraction of sp³-hybridized carbons (Fsp3) is 0.769. The van der Waals surface area contributed by atoms with Crippen molar-refractivity contribution in [3.63, 3.8) is 0 Å². The van der Waals surface area contributed by atoms with Crippen LogP contribution in [0.4, 0.5) is 0 Å². The van der Waals surface area contributed by atoms with Gasteiger partial charge in [-0.1, -0.05) is 6.92 Å². The number of hydrogen-bond acceptors (Lipinski definition) is 4. The first-order valence-electron chi connectivity index (χ1n) is 6.98. The van der Waals surface area contributed by atoms with Gasteiger partial charge in [-0.05, 0) is 19.9 Å². The number of aryl methyl sites for hydroxylation is 1. The Morgan fingerprint density at radius 1 is 1.47 bits per heavy atom. The SMILES string of the molecule is CCc1n[nH]c(CN(C)CC2CC(=O)N(CC)C2)n1. The van der Waals surface area contributed by atoms with E-state index in [1.807, 2.05) is 18.7 Å². The average Bonchev–Trinajstić information content (AvgIpc) is 2.95. The molecule has 1 aliphatic heterocycles. The van der Waals surface area contributed by atoms with E-state index in [4.69, 9.17) is 0 Å². The van der Waals surface area contributed by atoms with Crippen LogP contribution in [0.2, 0.25) is 0 Å². The van der Waals surface area contributed by atoms with Crippen LogP contribution in [0, 0.1) is 5.92 Å². The summed E-state index contributed by atoms with van der Waals surface area (Å²) < 4.78 is 0.